The summed E-state index contributed by atoms with van der Waals surface area (Å²) in [5.41, 5.74) is 2.39. The number of amides is 1. The molecule has 1 N–H and O–H groups in total. The van der Waals surface area contributed by atoms with Gasteiger partial charge in [0.05, 0.1) is 4.88 Å². The van der Waals surface area contributed by atoms with Gasteiger partial charge in [0.1, 0.15) is 0 Å². The summed E-state index contributed by atoms with van der Waals surface area (Å²) in [7, 11) is 0. The summed E-state index contributed by atoms with van der Waals surface area (Å²) in [6, 6.07) is 12.1. The van der Waals surface area contributed by atoms with Gasteiger partial charge in [-0.05, 0) is 35.9 Å². The van der Waals surface area contributed by atoms with E-state index in [1.54, 1.807) is 0 Å². The van der Waals surface area contributed by atoms with Crippen LogP contribution < -0.4 is 5.32 Å². The summed E-state index contributed by atoms with van der Waals surface area (Å²) in [6.07, 6.45) is 0.872. The van der Waals surface area contributed by atoms with Gasteiger partial charge in [-0.3, -0.25) is 4.79 Å². The van der Waals surface area contributed by atoms with Crippen LogP contribution in [0.3, 0.4) is 0 Å². The molecular formula is C14H15NOS. The highest BCUT2D eigenvalue weighted by Crippen LogP contribution is 2.13. The Labute approximate surface area is 105 Å². The number of thiophene rings is 1. The van der Waals surface area contributed by atoms with Gasteiger partial charge in [-0.1, -0.05) is 30.3 Å². The molecule has 88 valence electrons. The van der Waals surface area contributed by atoms with E-state index in [2.05, 4.69) is 17.4 Å². The average molecular weight is 245 g/mol. The second-order valence-corrected chi connectivity index (χ2v) is 4.89. The molecule has 0 aliphatic carbocycles. The van der Waals surface area contributed by atoms with Crippen LogP contribution in [0.2, 0.25) is 0 Å². The molecule has 2 rings (SSSR count). The fraction of sp³-hybridized carbons (Fsp3) is 0.214. The van der Waals surface area contributed by atoms with Crippen LogP contribution in [0.25, 0.3) is 0 Å². The summed E-state index contributed by atoms with van der Waals surface area (Å²) in [5, 5.41) is 4.92. The molecule has 3 heteroatoms. The molecule has 0 aliphatic rings. The van der Waals surface area contributed by atoms with Gasteiger partial charge in [0, 0.05) is 6.54 Å². The highest BCUT2D eigenvalue weighted by atomic mass is 32.1. The van der Waals surface area contributed by atoms with E-state index in [0.29, 0.717) is 6.54 Å². The van der Waals surface area contributed by atoms with Gasteiger partial charge in [-0.2, -0.15) is 0 Å². The van der Waals surface area contributed by atoms with Crippen LogP contribution in [0, 0.1) is 6.92 Å². The van der Waals surface area contributed by atoms with Gasteiger partial charge in [-0.25, -0.2) is 0 Å². The Bertz CT molecular complexity index is 490. The molecule has 0 saturated heterocycles. The number of nitrogens with one attached hydrogen (secondary N) is 1. The summed E-state index contributed by atoms with van der Waals surface area (Å²) >= 11 is 1.49. The highest BCUT2D eigenvalue weighted by molar-refractivity contribution is 7.12. The largest absolute Gasteiger partial charge is 0.351 e. The molecule has 0 spiro atoms. The zero-order chi connectivity index (χ0) is 12.1. The molecule has 0 atom stereocenters. The molecule has 1 heterocycles. The third-order valence-electron chi connectivity index (χ3n) is 2.50. The number of carbonyl (C=O) groups excluding carboxylic acids is 1. The van der Waals surface area contributed by atoms with Crippen molar-refractivity contribution >= 4 is 17.2 Å². The predicted molar refractivity (Wildman–Crippen MR) is 71.5 cm³/mol. The second-order valence-electron chi connectivity index (χ2n) is 3.98. The van der Waals surface area contributed by atoms with Crippen LogP contribution in [-0.2, 0) is 6.42 Å². The summed E-state index contributed by atoms with van der Waals surface area (Å²) in [4.78, 5) is 12.5. The third kappa shape index (κ3) is 3.43. The van der Waals surface area contributed by atoms with Crippen molar-refractivity contribution in [3.05, 3.63) is 57.8 Å². The molecule has 0 aliphatic heterocycles. The maximum atomic E-state index is 11.7. The standard InChI is InChI=1S/C14H15NOS/c1-11-9-13(17-10-11)14(16)15-8-7-12-5-3-2-4-6-12/h2-6,9-10H,7-8H2,1H3,(H,15,16). The van der Waals surface area contributed by atoms with Crippen LogP contribution in [0.5, 0.6) is 0 Å². The lowest BCUT2D eigenvalue weighted by atomic mass is 10.1. The number of benzene rings is 1. The van der Waals surface area contributed by atoms with Crippen molar-refractivity contribution < 1.29 is 4.79 Å². The lowest BCUT2D eigenvalue weighted by Gasteiger charge is -2.03. The van der Waals surface area contributed by atoms with Crippen molar-refractivity contribution in [2.45, 2.75) is 13.3 Å². The average Bonchev–Trinajstić information content (AvgIpc) is 2.77. The number of hydrogen-bond donors (Lipinski definition) is 1. The van der Waals surface area contributed by atoms with Gasteiger partial charge in [0.2, 0.25) is 0 Å². The van der Waals surface area contributed by atoms with Gasteiger partial charge in [0.15, 0.2) is 0 Å². The topological polar surface area (TPSA) is 29.1 Å². The summed E-state index contributed by atoms with van der Waals surface area (Å²) in [6.45, 7) is 2.68. The van der Waals surface area contributed by atoms with E-state index in [-0.39, 0.29) is 5.91 Å². The lowest BCUT2D eigenvalue weighted by molar-refractivity contribution is 0.0958. The first kappa shape index (κ1) is 11.9. The molecule has 2 nitrogen and oxygen atoms in total. The Morgan fingerprint density at radius 2 is 2.06 bits per heavy atom. The minimum atomic E-state index is 0.0269. The van der Waals surface area contributed by atoms with Crippen molar-refractivity contribution in [2.75, 3.05) is 6.54 Å². The zero-order valence-corrected chi connectivity index (χ0v) is 10.6. The molecule has 0 bridgehead atoms. The SMILES string of the molecule is Cc1csc(C(=O)NCCc2ccccc2)c1. The van der Waals surface area contributed by atoms with Crippen molar-refractivity contribution in [3.8, 4) is 0 Å². The molecule has 2 aromatic rings. The highest BCUT2D eigenvalue weighted by Gasteiger charge is 2.06. The van der Waals surface area contributed by atoms with Crippen LogP contribution in [0.4, 0.5) is 0 Å². The monoisotopic (exact) mass is 245 g/mol. The number of carbonyl (C=O) groups is 1. The zero-order valence-electron chi connectivity index (χ0n) is 9.77. The Hall–Kier alpha value is -1.61. The van der Waals surface area contributed by atoms with E-state index < -0.39 is 0 Å². The number of hydrogen-bond acceptors (Lipinski definition) is 2. The second kappa shape index (κ2) is 5.64. The molecule has 1 aromatic carbocycles. The Balaban J connectivity index is 1.81. The van der Waals surface area contributed by atoms with E-state index in [0.717, 1.165) is 16.9 Å². The van der Waals surface area contributed by atoms with Crippen LogP contribution in [0.15, 0.2) is 41.8 Å². The lowest BCUT2D eigenvalue weighted by Crippen LogP contribution is -2.24. The minimum absolute atomic E-state index is 0.0269. The van der Waals surface area contributed by atoms with Crippen molar-refractivity contribution in [3.63, 3.8) is 0 Å². The van der Waals surface area contributed by atoms with Gasteiger partial charge >= 0.3 is 0 Å². The molecule has 1 amide bonds. The summed E-state index contributed by atoms with van der Waals surface area (Å²) in [5.74, 6) is 0.0269. The van der Waals surface area contributed by atoms with E-state index in [4.69, 9.17) is 0 Å². The first-order valence-corrected chi connectivity index (χ1v) is 6.51. The van der Waals surface area contributed by atoms with Crippen molar-refractivity contribution in [1.82, 2.24) is 5.32 Å². The van der Waals surface area contributed by atoms with Gasteiger partial charge in [0.25, 0.3) is 5.91 Å². The van der Waals surface area contributed by atoms with E-state index in [1.807, 2.05) is 36.6 Å². The fourth-order valence-corrected chi connectivity index (χ4v) is 2.42. The van der Waals surface area contributed by atoms with Gasteiger partial charge in [-0.15, -0.1) is 11.3 Å². The fourth-order valence-electron chi connectivity index (χ4n) is 1.60. The molecule has 0 unspecified atom stereocenters. The molecule has 0 saturated carbocycles. The molecule has 0 fully saturated rings. The Morgan fingerprint density at radius 3 is 2.71 bits per heavy atom. The normalized spacial score (nSPS) is 10.2. The maximum Gasteiger partial charge on any atom is 0.261 e. The van der Waals surface area contributed by atoms with E-state index in [1.165, 1.54) is 16.9 Å². The number of aryl methyl sites for hydroxylation is 1. The smallest absolute Gasteiger partial charge is 0.261 e. The van der Waals surface area contributed by atoms with Gasteiger partial charge < -0.3 is 5.32 Å². The Morgan fingerprint density at radius 1 is 1.29 bits per heavy atom. The maximum absolute atomic E-state index is 11.7. The van der Waals surface area contributed by atoms with Crippen molar-refractivity contribution in [1.29, 1.82) is 0 Å². The molecular weight excluding hydrogens is 230 g/mol. The molecule has 17 heavy (non-hydrogen) atoms. The Kier molecular flexibility index (Phi) is 3.94. The van der Waals surface area contributed by atoms with Crippen LogP contribution >= 0.6 is 11.3 Å². The molecule has 0 radical (unpaired) electrons. The number of rotatable bonds is 4. The molecule has 1 aromatic heterocycles. The first-order chi connectivity index (χ1) is 8.25. The first-order valence-electron chi connectivity index (χ1n) is 5.63. The van der Waals surface area contributed by atoms with Crippen LogP contribution in [0.1, 0.15) is 20.8 Å². The quantitative estimate of drug-likeness (QED) is 0.881. The third-order valence-corrected chi connectivity index (χ3v) is 3.54. The predicted octanol–water partition coefficient (Wildman–Crippen LogP) is 3.03. The van der Waals surface area contributed by atoms with E-state index in [9.17, 15) is 4.79 Å². The van der Waals surface area contributed by atoms with Crippen LogP contribution in [-0.4, -0.2) is 12.5 Å². The van der Waals surface area contributed by atoms with Crippen molar-refractivity contribution in [2.24, 2.45) is 0 Å². The minimum Gasteiger partial charge on any atom is -0.351 e. The summed E-state index contributed by atoms with van der Waals surface area (Å²) < 4.78 is 0. The van der Waals surface area contributed by atoms with E-state index >= 15 is 0 Å².